The van der Waals surface area contributed by atoms with Gasteiger partial charge in [-0.3, -0.25) is 9.59 Å². The van der Waals surface area contributed by atoms with E-state index in [2.05, 4.69) is 5.32 Å². The number of rotatable bonds is 4. The topological polar surface area (TPSA) is 104 Å². The van der Waals surface area contributed by atoms with Crippen molar-refractivity contribution in [3.05, 3.63) is 29.8 Å². The van der Waals surface area contributed by atoms with E-state index in [0.717, 1.165) is 0 Å². The third-order valence-electron chi connectivity index (χ3n) is 4.71. The average Bonchev–Trinajstić information content (AvgIpc) is 3.13. The van der Waals surface area contributed by atoms with Gasteiger partial charge in [0.1, 0.15) is 0 Å². The van der Waals surface area contributed by atoms with E-state index in [1.165, 1.54) is 35.6 Å². The molecule has 2 aliphatic heterocycles. The highest BCUT2D eigenvalue weighted by Gasteiger charge is 2.54. The standard InChI is InChI=1S/C15H18N2O5S/c1-16-14(18)9-2-5-11(6-3-9)23(21,22)17-10-4-7-13(17)12(8-10)15(19)20/h2-3,5-6,10,12-13H,4,7-8H2,1H3,(H,16,18)(H,19,20). The van der Waals surface area contributed by atoms with Gasteiger partial charge in [0.15, 0.2) is 0 Å². The number of benzene rings is 1. The number of sulfonamides is 1. The Morgan fingerprint density at radius 1 is 1.22 bits per heavy atom. The van der Waals surface area contributed by atoms with Crippen molar-refractivity contribution >= 4 is 21.9 Å². The maximum absolute atomic E-state index is 12.8. The zero-order valence-electron chi connectivity index (χ0n) is 12.6. The first-order chi connectivity index (χ1) is 10.9. The number of nitrogens with one attached hydrogen (secondary N) is 1. The first-order valence-corrected chi connectivity index (χ1v) is 8.88. The van der Waals surface area contributed by atoms with Crippen molar-refractivity contribution in [3.8, 4) is 0 Å². The number of carbonyl (C=O) groups is 2. The van der Waals surface area contributed by atoms with Crippen LogP contribution in [0.25, 0.3) is 0 Å². The maximum atomic E-state index is 12.8. The SMILES string of the molecule is CNC(=O)c1ccc(S(=O)(=O)N2C3CCC2C(C(=O)O)C3)cc1. The molecule has 3 unspecified atom stereocenters. The van der Waals surface area contributed by atoms with Crippen molar-refractivity contribution in [2.24, 2.45) is 5.92 Å². The number of aliphatic carboxylic acids is 1. The summed E-state index contributed by atoms with van der Waals surface area (Å²) in [6, 6.07) is 4.99. The molecule has 1 aromatic carbocycles. The van der Waals surface area contributed by atoms with Crippen LogP contribution in [0.2, 0.25) is 0 Å². The van der Waals surface area contributed by atoms with E-state index >= 15 is 0 Å². The number of carbonyl (C=O) groups excluding carboxylic acids is 1. The second kappa shape index (κ2) is 5.61. The van der Waals surface area contributed by atoms with Crippen molar-refractivity contribution in [3.63, 3.8) is 0 Å². The molecule has 1 aromatic rings. The van der Waals surface area contributed by atoms with Gasteiger partial charge in [0.2, 0.25) is 10.0 Å². The molecule has 23 heavy (non-hydrogen) atoms. The summed E-state index contributed by atoms with van der Waals surface area (Å²) in [5, 5.41) is 11.7. The number of hydrogen-bond acceptors (Lipinski definition) is 4. The van der Waals surface area contributed by atoms with E-state index in [1.54, 1.807) is 0 Å². The highest BCUT2D eigenvalue weighted by Crippen LogP contribution is 2.44. The molecular formula is C15H18N2O5S. The zero-order valence-corrected chi connectivity index (χ0v) is 13.4. The molecule has 0 aromatic heterocycles. The molecule has 0 aliphatic carbocycles. The third kappa shape index (κ3) is 2.51. The molecule has 2 saturated heterocycles. The van der Waals surface area contributed by atoms with Crippen LogP contribution in [0.3, 0.4) is 0 Å². The van der Waals surface area contributed by atoms with Crippen LogP contribution < -0.4 is 5.32 Å². The van der Waals surface area contributed by atoms with Crippen LogP contribution in [-0.2, 0) is 14.8 Å². The number of carboxylic acids is 1. The van der Waals surface area contributed by atoms with Gasteiger partial charge >= 0.3 is 5.97 Å². The average molecular weight is 338 g/mol. The van der Waals surface area contributed by atoms with Crippen LogP contribution in [0, 0.1) is 5.92 Å². The molecule has 2 heterocycles. The molecule has 2 bridgehead atoms. The van der Waals surface area contributed by atoms with Gasteiger partial charge in [0, 0.05) is 24.7 Å². The quantitative estimate of drug-likeness (QED) is 0.840. The van der Waals surface area contributed by atoms with E-state index in [-0.39, 0.29) is 16.8 Å². The summed E-state index contributed by atoms with van der Waals surface area (Å²) < 4.78 is 27.1. The second-order valence-electron chi connectivity index (χ2n) is 5.92. The summed E-state index contributed by atoms with van der Waals surface area (Å²) in [5.41, 5.74) is 0.374. The molecule has 0 spiro atoms. The minimum atomic E-state index is -3.75. The minimum absolute atomic E-state index is 0.0908. The lowest BCUT2D eigenvalue weighted by molar-refractivity contribution is -0.142. The van der Waals surface area contributed by atoms with Crippen LogP contribution >= 0.6 is 0 Å². The highest BCUT2D eigenvalue weighted by atomic mass is 32.2. The Hall–Kier alpha value is -1.93. The van der Waals surface area contributed by atoms with Crippen LogP contribution in [0.4, 0.5) is 0 Å². The number of hydrogen-bond donors (Lipinski definition) is 2. The second-order valence-corrected chi connectivity index (χ2v) is 7.76. The predicted octanol–water partition coefficient (Wildman–Crippen LogP) is 0.672. The molecular weight excluding hydrogens is 320 g/mol. The summed E-state index contributed by atoms with van der Waals surface area (Å²) in [6.07, 6.45) is 1.65. The molecule has 3 rings (SSSR count). The monoisotopic (exact) mass is 338 g/mol. The lowest BCUT2D eigenvalue weighted by Crippen LogP contribution is -2.37. The Balaban J connectivity index is 1.90. The maximum Gasteiger partial charge on any atom is 0.308 e. The molecule has 2 N–H and O–H groups in total. The van der Waals surface area contributed by atoms with E-state index < -0.39 is 28.0 Å². The van der Waals surface area contributed by atoms with Gasteiger partial charge in [-0.2, -0.15) is 4.31 Å². The van der Waals surface area contributed by atoms with E-state index in [1.807, 2.05) is 0 Å². The van der Waals surface area contributed by atoms with Gasteiger partial charge in [-0.15, -0.1) is 0 Å². The number of nitrogens with zero attached hydrogens (tertiary/aromatic N) is 1. The molecule has 2 fully saturated rings. The normalized spacial score (nSPS) is 27.1. The molecule has 2 aliphatic rings. The Labute approximate surface area is 134 Å². The van der Waals surface area contributed by atoms with Gasteiger partial charge in [0.05, 0.1) is 10.8 Å². The van der Waals surface area contributed by atoms with Gasteiger partial charge in [-0.05, 0) is 43.5 Å². The molecule has 0 radical (unpaired) electrons. The van der Waals surface area contributed by atoms with Crippen molar-refractivity contribution < 1.29 is 23.1 Å². The molecule has 124 valence electrons. The van der Waals surface area contributed by atoms with E-state index in [0.29, 0.717) is 24.8 Å². The summed E-state index contributed by atoms with van der Waals surface area (Å²) in [5.74, 6) is -1.86. The molecule has 0 saturated carbocycles. The van der Waals surface area contributed by atoms with Gasteiger partial charge in [-0.25, -0.2) is 8.42 Å². The lowest BCUT2D eigenvalue weighted by atomic mass is 9.89. The fourth-order valence-electron chi connectivity index (χ4n) is 3.62. The molecule has 3 atom stereocenters. The van der Waals surface area contributed by atoms with Crippen molar-refractivity contribution in [2.75, 3.05) is 7.05 Å². The lowest BCUT2D eigenvalue weighted by Gasteiger charge is -2.22. The summed E-state index contributed by atoms with van der Waals surface area (Å²) >= 11 is 0. The third-order valence-corrected chi connectivity index (χ3v) is 6.70. The van der Waals surface area contributed by atoms with Gasteiger partial charge in [-0.1, -0.05) is 0 Å². The molecule has 7 nitrogen and oxygen atoms in total. The summed E-state index contributed by atoms with van der Waals surface area (Å²) in [6.45, 7) is 0. The minimum Gasteiger partial charge on any atom is -0.481 e. The molecule has 1 amide bonds. The Morgan fingerprint density at radius 3 is 2.39 bits per heavy atom. The van der Waals surface area contributed by atoms with Crippen LogP contribution in [-0.4, -0.2) is 48.8 Å². The fourth-order valence-corrected chi connectivity index (χ4v) is 5.54. The van der Waals surface area contributed by atoms with Crippen molar-refractivity contribution in [1.29, 1.82) is 0 Å². The number of amides is 1. The van der Waals surface area contributed by atoms with E-state index in [4.69, 9.17) is 0 Å². The van der Waals surface area contributed by atoms with Gasteiger partial charge in [0.25, 0.3) is 5.91 Å². The first kappa shape index (κ1) is 15.9. The van der Waals surface area contributed by atoms with Crippen LogP contribution in [0.15, 0.2) is 29.2 Å². The zero-order chi connectivity index (χ0) is 16.8. The summed E-state index contributed by atoms with van der Waals surface area (Å²) in [4.78, 5) is 22.9. The van der Waals surface area contributed by atoms with Crippen LogP contribution in [0.5, 0.6) is 0 Å². The first-order valence-electron chi connectivity index (χ1n) is 7.44. The Morgan fingerprint density at radius 2 is 1.87 bits per heavy atom. The van der Waals surface area contributed by atoms with E-state index in [9.17, 15) is 23.1 Å². The molecule has 8 heteroatoms. The van der Waals surface area contributed by atoms with Crippen LogP contribution in [0.1, 0.15) is 29.6 Å². The summed E-state index contributed by atoms with van der Waals surface area (Å²) in [7, 11) is -2.25. The number of carboxylic acid groups (broad SMARTS) is 1. The smallest absolute Gasteiger partial charge is 0.308 e. The van der Waals surface area contributed by atoms with Crippen molar-refractivity contribution in [2.45, 2.75) is 36.2 Å². The fraction of sp³-hybridized carbons (Fsp3) is 0.467. The Kier molecular flexibility index (Phi) is 3.89. The Bertz CT molecular complexity index is 744. The van der Waals surface area contributed by atoms with Crippen molar-refractivity contribution in [1.82, 2.24) is 9.62 Å². The highest BCUT2D eigenvalue weighted by molar-refractivity contribution is 7.89. The van der Waals surface area contributed by atoms with Gasteiger partial charge < -0.3 is 10.4 Å². The largest absolute Gasteiger partial charge is 0.481 e. The predicted molar refractivity (Wildman–Crippen MR) is 81.4 cm³/mol. The number of fused-ring (bicyclic) bond motifs is 2.